The number of rotatable bonds is 6. The minimum absolute atomic E-state index is 0.0171. The molecule has 1 atom stereocenters. The summed E-state index contributed by atoms with van der Waals surface area (Å²) in [6, 6.07) is 5.38. The van der Waals surface area contributed by atoms with Crippen molar-refractivity contribution in [1.29, 1.82) is 0 Å². The molecule has 1 rings (SSSR count). The van der Waals surface area contributed by atoms with Gasteiger partial charge in [-0.25, -0.2) is 13.1 Å². The molecule has 0 radical (unpaired) electrons. The molecular formula is C10H16N2O3S. The molecule has 16 heavy (non-hydrogen) atoms. The Bertz CT molecular complexity index is 403. The van der Waals surface area contributed by atoms with E-state index in [1.807, 2.05) is 6.07 Å². The third kappa shape index (κ3) is 5.20. The molecule has 0 spiro atoms. The van der Waals surface area contributed by atoms with Gasteiger partial charge in [-0.05, 0) is 19.1 Å². The molecule has 0 amide bonds. The van der Waals surface area contributed by atoms with E-state index in [-0.39, 0.29) is 12.3 Å². The predicted octanol–water partition coefficient (Wildman–Crippen LogP) is -0.0757. The number of hydrogen-bond donors (Lipinski definition) is 2. The van der Waals surface area contributed by atoms with Gasteiger partial charge in [0.05, 0.1) is 11.9 Å². The van der Waals surface area contributed by atoms with E-state index in [9.17, 15) is 8.42 Å². The van der Waals surface area contributed by atoms with Crippen LogP contribution in [0.1, 0.15) is 12.6 Å². The number of aromatic nitrogens is 1. The Morgan fingerprint density at radius 3 is 2.81 bits per heavy atom. The smallest absolute Gasteiger partial charge is 0.212 e. The number of aliphatic hydroxyl groups is 1. The Labute approximate surface area is 95.6 Å². The lowest BCUT2D eigenvalue weighted by molar-refractivity contribution is 0.198. The summed E-state index contributed by atoms with van der Waals surface area (Å²) in [6.45, 7) is 1.58. The highest BCUT2D eigenvalue weighted by atomic mass is 32.2. The molecule has 1 aromatic rings. The molecule has 0 aromatic carbocycles. The van der Waals surface area contributed by atoms with Gasteiger partial charge in [0.2, 0.25) is 10.0 Å². The number of hydrogen-bond acceptors (Lipinski definition) is 4. The molecule has 90 valence electrons. The average Bonchev–Trinajstić information content (AvgIpc) is 2.26. The summed E-state index contributed by atoms with van der Waals surface area (Å²) >= 11 is 0. The van der Waals surface area contributed by atoms with Gasteiger partial charge in [-0.3, -0.25) is 4.98 Å². The molecule has 0 saturated carbocycles. The minimum atomic E-state index is -3.32. The highest BCUT2D eigenvalue weighted by Gasteiger charge is 2.11. The number of nitrogens with zero attached hydrogens (tertiary/aromatic N) is 1. The average molecular weight is 244 g/mol. The maximum absolute atomic E-state index is 11.5. The summed E-state index contributed by atoms with van der Waals surface area (Å²) in [6.07, 6.45) is 1.32. The Kier molecular flexibility index (Phi) is 4.85. The highest BCUT2D eigenvalue weighted by molar-refractivity contribution is 7.89. The second kappa shape index (κ2) is 5.93. The van der Waals surface area contributed by atoms with Crippen LogP contribution < -0.4 is 4.72 Å². The zero-order valence-electron chi connectivity index (χ0n) is 9.13. The molecule has 6 heteroatoms. The molecule has 0 bridgehead atoms. The molecule has 1 heterocycles. The number of sulfonamides is 1. The largest absolute Gasteiger partial charge is 0.392 e. The van der Waals surface area contributed by atoms with Crippen LogP contribution in [0.15, 0.2) is 24.4 Å². The SMILES string of the molecule is C[C@H](O)CNS(=O)(=O)CCc1ccccn1. The molecule has 5 nitrogen and oxygen atoms in total. The van der Waals surface area contributed by atoms with E-state index >= 15 is 0 Å². The van der Waals surface area contributed by atoms with Crippen molar-refractivity contribution in [3.8, 4) is 0 Å². The summed E-state index contributed by atoms with van der Waals surface area (Å²) in [7, 11) is -3.32. The van der Waals surface area contributed by atoms with Crippen LogP contribution in [0, 0.1) is 0 Å². The van der Waals surface area contributed by atoms with E-state index in [2.05, 4.69) is 9.71 Å². The van der Waals surface area contributed by atoms with Crippen molar-refractivity contribution in [2.45, 2.75) is 19.4 Å². The second-order valence-corrected chi connectivity index (χ2v) is 5.51. The van der Waals surface area contributed by atoms with Crippen molar-refractivity contribution in [1.82, 2.24) is 9.71 Å². The van der Waals surface area contributed by atoms with Crippen molar-refractivity contribution >= 4 is 10.0 Å². The third-order valence-electron chi connectivity index (χ3n) is 1.95. The van der Waals surface area contributed by atoms with E-state index in [1.165, 1.54) is 6.92 Å². The quantitative estimate of drug-likeness (QED) is 0.734. The molecule has 0 aliphatic heterocycles. The minimum Gasteiger partial charge on any atom is -0.392 e. The second-order valence-electron chi connectivity index (χ2n) is 3.59. The van der Waals surface area contributed by atoms with Crippen LogP contribution in [0.5, 0.6) is 0 Å². The topological polar surface area (TPSA) is 79.3 Å². The zero-order valence-corrected chi connectivity index (χ0v) is 9.94. The molecule has 0 aliphatic carbocycles. The van der Waals surface area contributed by atoms with Gasteiger partial charge in [0, 0.05) is 24.9 Å². The van der Waals surface area contributed by atoms with Gasteiger partial charge in [0.1, 0.15) is 0 Å². The highest BCUT2D eigenvalue weighted by Crippen LogP contribution is 1.97. The molecule has 0 unspecified atom stereocenters. The third-order valence-corrected chi connectivity index (χ3v) is 3.30. The summed E-state index contributed by atoms with van der Waals surface area (Å²) in [5.74, 6) is -0.0171. The molecule has 0 saturated heterocycles. The van der Waals surface area contributed by atoms with Gasteiger partial charge in [-0.1, -0.05) is 6.07 Å². The summed E-state index contributed by atoms with van der Waals surface area (Å²) in [4.78, 5) is 4.04. The normalized spacial score (nSPS) is 13.6. The van der Waals surface area contributed by atoms with Crippen LogP contribution in [0.4, 0.5) is 0 Å². The van der Waals surface area contributed by atoms with E-state index in [4.69, 9.17) is 5.11 Å². The lowest BCUT2D eigenvalue weighted by Gasteiger charge is -2.07. The van der Waals surface area contributed by atoms with E-state index in [1.54, 1.807) is 18.3 Å². The van der Waals surface area contributed by atoms with E-state index in [0.717, 1.165) is 5.69 Å². The van der Waals surface area contributed by atoms with Crippen LogP contribution in [-0.4, -0.2) is 36.9 Å². The van der Waals surface area contributed by atoms with Crippen molar-refractivity contribution < 1.29 is 13.5 Å². The van der Waals surface area contributed by atoms with Crippen molar-refractivity contribution in [2.24, 2.45) is 0 Å². The maximum Gasteiger partial charge on any atom is 0.212 e. The van der Waals surface area contributed by atoms with Crippen LogP contribution >= 0.6 is 0 Å². The maximum atomic E-state index is 11.5. The fourth-order valence-corrected chi connectivity index (χ4v) is 2.22. The Morgan fingerprint density at radius 2 is 2.25 bits per heavy atom. The van der Waals surface area contributed by atoms with Crippen molar-refractivity contribution in [3.63, 3.8) is 0 Å². The lowest BCUT2D eigenvalue weighted by Crippen LogP contribution is -2.33. The first-order chi connectivity index (χ1) is 7.49. The standard InChI is InChI=1S/C10H16N2O3S/c1-9(13)8-12-16(14,15)7-5-10-4-2-3-6-11-10/h2-4,6,9,12-13H,5,7-8H2,1H3/t9-/m0/s1. The fourth-order valence-electron chi connectivity index (χ4n) is 1.10. The van der Waals surface area contributed by atoms with Gasteiger partial charge in [0.15, 0.2) is 0 Å². The first kappa shape index (κ1) is 13.1. The van der Waals surface area contributed by atoms with Gasteiger partial charge < -0.3 is 5.11 Å². The first-order valence-corrected chi connectivity index (χ1v) is 6.70. The molecule has 0 fully saturated rings. The summed E-state index contributed by atoms with van der Waals surface area (Å²) in [5, 5.41) is 8.96. The van der Waals surface area contributed by atoms with Crippen molar-refractivity contribution in [3.05, 3.63) is 30.1 Å². The van der Waals surface area contributed by atoms with Gasteiger partial charge in [-0.2, -0.15) is 0 Å². The van der Waals surface area contributed by atoms with Gasteiger partial charge in [-0.15, -0.1) is 0 Å². The van der Waals surface area contributed by atoms with E-state index in [0.29, 0.717) is 6.42 Å². The Balaban J connectivity index is 2.42. The Hall–Kier alpha value is -0.980. The summed E-state index contributed by atoms with van der Waals surface area (Å²) < 4.78 is 25.2. The molecular weight excluding hydrogens is 228 g/mol. The fraction of sp³-hybridized carbons (Fsp3) is 0.500. The number of aryl methyl sites for hydroxylation is 1. The van der Waals surface area contributed by atoms with Crippen LogP contribution in [-0.2, 0) is 16.4 Å². The number of nitrogens with one attached hydrogen (secondary N) is 1. The monoisotopic (exact) mass is 244 g/mol. The van der Waals surface area contributed by atoms with Crippen LogP contribution in [0.25, 0.3) is 0 Å². The lowest BCUT2D eigenvalue weighted by atomic mass is 10.3. The predicted molar refractivity (Wildman–Crippen MR) is 61.4 cm³/mol. The van der Waals surface area contributed by atoms with Crippen molar-refractivity contribution in [2.75, 3.05) is 12.3 Å². The van der Waals surface area contributed by atoms with Crippen LogP contribution in [0.3, 0.4) is 0 Å². The van der Waals surface area contributed by atoms with Gasteiger partial charge in [0.25, 0.3) is 0 Å². The zero-order chi connectivity index (χ0) is 12.0. The molecule has 2 N–H and O–H groups in total. The van der Waals surface area contributed by atoms with Gasteiger partial charge >= 0.3 is 0 Å². The Morgan fingerprint density at radius 1 is 1.50 bits per heavy atom. The van der Waals surface area contributed by atoms with Crippen LogP contribution in [0.2, 0.25) is 0 Å². The summed E-state index contributed by atoms with van der Waals surface area (Å²) in [5.41, 5.74) is 0.741. The first-order valence-electron chi connectivity index (χ1n) is 5.05. The number of pyridine rings is 1. The number of aliphatic hydroxyl groups excluding tert-OH is 1. The van der Waals surface area contributed by atoms with E-state index < -0.39 is 16.1 Å². The molecule has 0 aliphatic rings. The molecule has 1 aromatic heterocycles.